The van der Waals surface area contributed by atoms with Gasteiger partial charge in [0.1, 0.15) is 11.9 Å². The van der Waals surface area contributed by atoms with Crippen molar-refractivity contribution >= 4 is 45.9 Å². The summed E-state index contributed by atoms with van der Waals surface area (Å²) in [5.74, 6) is -0.265. The predicted molar refractivity (Wildman–Crippen MR) is 97.3 cm³/mol. The number of aromatic nitrogens is 3. The Hall–Kier alpha value is -2.31. The highest BCUT2D eigenvalue weighted by molar-refractivity contribution is 6.45. The molecule has 2 N–H and O–H groups in total. The number of nitrogens with zero attached hydrogens (tertiary/aromatic N) is 3. The number of rotatable bonds is 3. The number of fused-ring (bicyclic) bond motifs is 1. The van der Waals surface area contributed by atoms with E-state index in [1.165, 1.54) is 0 Å². The van der Waals surface area contributed by atoms with Gasteiger partial charge >= 0.3 is 5.97 Å². The highest BCUT2D eigenvalue weighted by atomic mass is 35.5. The first kappa shape index (κ1) is 16.2. The maximum atomic E-state index is 11.6. The summed E-state index contributed by atoms with van der Waals surface area (Å²) >= 11 is 12.5. The van der Waals surface area contributed by atoms with Crippen LogP contribution in [0.5, 0.6) is 0 Å². The SMILES string of the molecule is O=C(O)[C@@H]1CCCN1c1cc(-c2cn[nH]c2)c2ccc(Cl)c(Cl)c2n1. The lowest BCUT2D eigenvalue weighted by Crippen LogP contribution is -2.36. The first-order chi connectivity index (χ1) is 12.1. The van der Waals surface area contributed by atoms with E-state index in [2.05, 4.69) is 15.2 Å². The minimum absolute atomic E-state index is 0.358. The van der Waals surface area contributed by atoms with Crippen molar-refractivity contribution in [1.82, 2.24) is 15.2 Å². The fourth-order valence-electron chi connectivity index (χ4n) is 3.30. The van der Waals surface area contributed by atoms with Gasteiger partial charge in [-0.1, -0.05) is 29.3 Å². The molecule has 3 heterocycles. The van der Waals surface area contributed by atoms with Gasteiger partial charge in [0.15, 0.2) is 0 Å². The predicted octanol–water partition coefficient (Wildman–Crippen LogP) is 3.99. The summed E-state index contributed by atoms with van der Waals surface area (Å²) in [6.07, 6.45) is 4.89. The number of aromatic amines is 1. The Kier molecular flexibility index (Phi) is 4.01. The minimum atomic E-state index is -0.846. The third-order valence-corrected chi connectivity index (χ3v) is 5.29. The maximum absolute atomic E-state index is 11.6. The zero-order chi connectivity index (χ0) is 17.6. The Labute approximate surface area is 153 Å². The molecule has 1 aliphatic heterocycles. The zero-order valence-electron chi connectivity index (χ0n) is 13.0. The number of aliphatic carboxylic acids is 1. The first-order valence-electron chi connectivity index (χ1n) is 7.83. The van der Waals surface area contributed by atoms with E-state index in [1.54, 1.807) is 18.5 Å². The van der Waals surface area contributed by atoms with Crippen LogP contribution in [0.3, 0.4) is 0 Å². The number of carbonyl (C=O) groups is 1. The van der Waals surface area contributed by atoms with E-state index < -0.39 is 12.0 Å². The molecule has 1 aliphatic rings. The number of carboxylic acid groups (broad SMARTS) is 1. The molecule has 0 bridgehead atoms. The second-order valence-electron chi connectivity index (χ2n) is 5.96. The molecule has 1 atom stereocenters. The van der Waals surface area contributed by atoms with Crippen LogP contribution in [-0.4, -0.2) is 38.8 Å². The molecule has 128 valence electrons. The average molecular weight is 377 g/mol. The molecule has 6 nitrogen and oxygen atoms in total. The Morgan fingerprint density at radius 2 is 2.20 bits per heavy atom. The van der Waals surface area contributed by atoms with E-state index in [4.69, 9.17) is 23.2 Å². The standard InChI is InChI=1S/C17H14Cl2N4O2/c18-12-4-3-10-11(9-7-20-21-8-9)6-14(22-16(10)15(12)19)23-5-1-2-13(23)17(24)25/h3-4,6-8,13H,1-2,5H2,(H,20,21)(H,24,25)/t13-/m0/s1. The van der Waals surface area contributed by atoms with Crippen LogP contribution in [0.25, 0.3) is 22.0 Å². The van der Waals surface area contributed by atoms with Crippen molar-refractivity contribution in [2.75, 3.05) is 11.4 Å². The summed E-state index contributed by atoms with van der Waals surface area (Å²) in [6, 6.07) is 4.90. The van der Waals surface area contributed by atoms with Gasteiger partial charge in [0.2, 0.25) is 0 Å². The number of benzene rings is 1. The minimum Gasteiger partial charge on any atom is -0.480 e. The van der Waals surface area contributed by atoms with Crippen molar-refractivity contribution in [3.63, 3.8) is 0 Å². The summed E-state index contributed by atoms with van der Waals surface area (Å²) in [7, 11) is 0. The monoisotopic (exact) mass is 376 g/mol. The number of anilines is 1. The molecule has 0 amide bonds. The van der Waals surface area contributed by atoms with Gasteiger partial charge in [-0.15, -0.1) is 0 Å². The van der Waals surface area contributed by atoms with Gasteiger partial charge < -0.3 is 10.0 Å². The third-order valence-electron chi connectivity index (χ3n) is 4.50. The van der Waals surface area contributed by atoms with Crippen LogP contribution >= 0.6 is 23.2 Å². The number of carboxylic acids is 1. The van der Waals surface area contributed by atoms with Crippen LogP contribution in [0.2, 0.25) is 10.0 Å². The molecule has 0 spiro atoms. The van der Waals surface area contributed by atoms with Gasteiger partial charge in [0.05, 0.1) is 21.8 Å². The zero-order valence-corrected chi connectivity index (χ0v) is 14.6. The van der Waals surface area contributed by atoms with Crippen LogP contribution in [0.15, 0.2) is 30.6 Å². The highest BCUT2D eigenvalue weighted by Gasteiger charge is 2.32. The smallest absolute Gasteiger partial charge is 0.326 e. The largest absolute Gasteiger partial charge is 0.480 e. The molecule has 0 radical (unpaired) electrons. The summed E-state index contributed by atoms with van der Waals surface area (Å²) in [4.78, 5) is 18.0. The van der Waals surface area contributed by atoms with E-state index in [-0.39, 0.29) is 0 Å². The second-order valence-corrected chi connectivity index (χ2v) is 6.75. The summed E-state index contributed by atoms with van der Waals surface area (Å²) in [5.41, 5.74) is 2.31. The van der Waals surface area contributed by atoms with Crippen LogP contribution in [0, 0.1) is 0 Å². The molecular weight excluding hydrogens is 363 g/mol. The lowest BCUT2D eigenvalue weighted by molar-refractivity contribution is -0.138. The lowest BCUT2D eigenvalue weighted by Gasteiger charge is -2.24. The molecule has 0 saturated carbocycles. The second kappa shape index (κ2) is 6.20. The van der Waals surface area contributed by atoms with Crippen molar-refractivity contribution in [1.29, 1.82) is 0 Å². The molecule has 25 heavy (non-hydrogen) atoms. The fourth-order valence-corrected chi connectivity index (χ4v) is 3.66. The van der Waals surface area contributed by atoms with E-state index in [0.29, 0.717) is 34.3 Å². The molecule has 1 fully saturated rings. The Bertz CT molecular complexity index is 959. The Balaban J connectivity index is 1.97. The topological polar surface area (TPSA) is 82.1 Å². The molecule has 1 saturated heterocycles. The lowest BCUT2D eigenvalue weighted by atomic mass is 10.0. The number of pyridine rings is 1. The number of H-pyrrole nitrogens is 1. The highest BCUT2D eigenvalue weighted by Crippen LogP contribution is 2.38. The van der Waals surface area contributed by atoms with E-state index in [9.17, 15) is 9.90 Å². The van der Waals surface area contributed by atoms with Gasteiger partial charge in [-0.3, -0.25) is 5.10 Å². The van der Waals surface area contributed by atoms with Gasteiger partial charge in [-0.05, 0) is 30.5 Å². The molecule has 2 aromatic heterocycles. The molecule has 1 aromatic carbocycles. The van der Waals surface area contributed by atoms with E-state index in [1.807, 2.05) is 17.0 Å². The number of hydrogen-bond donors (Lipinski definition) is 2. The Morgan fingerprint density at radius 1 is 1.36 bits per heavy atom. The van der Waals surface area contributed by atoms with Gasteiger partial charge in [-0.25, -0.2) is 9.78 Å². The molecule has 3 aromatic rings. The number of nitrogens with one attached hydrogen (secondary N) is 1. The summed E-state index contributed by atoms with van der Waals surface area (Å²) < 4.78 is 0. The van der Waals surface area contributed by atoms with Crippen molar-refractivity contribution in [2.24, 2.45) is 0 Å². The molecule has 0 aliphatic carbocycles. The Morgan fingerprint density at radius 3 is 2.92 bits per heavy atom. The van der Waals surface area contributed by atoms with Crippen molar-refractivity contribution < 1.29 is 9.90 Å². The fraction of sp³-hybridized carbons (Fsp3) is 0.235. The molecular formula is C17H14Cl2N4O2. The third kappa shape index (κ3) is 2.71. The van der Waals surface area contributed by atoms with Gasteiger partial charge in [0, 0.05) is 23.7 Å². The van der Waals surface area contributed by atoms with Crippen LogP contribution in [-0.2, 0) is 4.79 Å². The van der Waals surface area contributed by atoms with Gasteiger partial charge in [0.25, 0.3) is 0 Å². The summed E-state index contributed by atoms with van der Waals surface area (Å²) in [5, 5.41) is 17.9. The molecule has 8 heteroatoms. The summed E-state index contributed by atoms with van der Waals surface area (Å²) in [6.45, 7) is 0.637. The quantitative estimate of drug-likeness (QED) is 0.722. The van der Waals surface area contributed by atoms with E-state index in [0.717, 1.165) is 22.9 Å². The van der Waals surface area contributed by atoms with Crippen LogP contribution in [0.1, 0.15) is 12.8 Å². The van der Waals surface area contributed by atoms with Crippen molar-refractivity contribution in [2.45, 2.75) is 18.9 Å². The van der Waals surface area contributed by atoms with Crippen LogP contribution in [0.4, 0.5) is 5.82 Å². The number of hydrogen-bond acceptors (Lipinski definition) is 4. The molecule has 0 unspecified atom stereocenters. The first-order valence-corrected chi connectivity index (χ1v) is 8.59. The van der Waals surface area contributed by atoms with E-state index >= 15 is 0 Å². The average Bonchev–Trinajstić information content (AvgIpc) is 3.28. The number of halogens is 2. The van der Waals surface area contributed by atoms with Crippen LogP contribution < -0.4 is 4.90 Å². The molecule has 4 rings (SSSR count). The van der Waals surface area contributed by atoms with Gasteiger partial charge in [-0.2, -0.15) is 5.10 Å². The normalized spacial score (nSPS) is 17.4. The van der Waals surface area contributed by atoms with Crippen molar-refractivity contribution in [3.8, 4) is 11.1 Å². The maximum Gasteiger partial charge on any atom is 0.326 e. The van der Waals surface area contributed by atoms with Crippen molar-refractivity contribution in [3.05, 3.63) is 40.6 Å².